The molecule has 0 saturated heterocycles. The monoisotopic (exact) mass is 1060 g/mol. The molecular formula is C60H80F3N9O3S. The van der Waals surface area contributed by atoms with Crippen LogP contribution in [0.5, 0.6) is 0 Å². The molecule has 0 aliphatic rings. The smallest absolute Gasteiger partial charge is 0.433 e. The number of carbonyl (C=O) groups is 1. The van der Waals surface area contributed by atoms with Gasteiger partial charge in [0.1, 0.15) is 34.7 Å². The Bertz CT molecular complexity index is 2820. The third kappa shape index (κ3) is 25.1. The Morgan fingerprint density at radius 3 is 1.55 bits per heavy atom. The van der Waals surface area contributed by atoms with Crippen LogP contribution in [0.4, 0.5) is 13.2 Å². The number of hydrogen-bond acceptors (Lipinski definition) is 13. The third-order valence-electron chi connectivity index (χ3n) is 10.3. The second-order valence-corrected chi connectivity index (χ2v) is 20.4. The molecule has 0 bridgehead atoms. The number of halogens is 3. The molecule has 76 heavy (non-hydrogen) atoms. The summed E-state index contributed by atoms with van der Waals surface area (Å²) in [6.07, 6.45) is 5.49. The zero-order chi connectivity index (χ0) is 57.0. The van der Waals surface area contributed by atoms with Gasteiger partial charge in [0.15, 0.2) is 0 Å². The fourth-order valence-corrected chi connectivity index (χ4v) is 6.59. The number of aryl methyl sites for hydroxylation is 2. The molecule has 12 nitrogen and oxygen atoms in total. The maximum atomic E-state index is 12.1. The van der Waals surface area contributed by atoms with E-state index in [2.05, 4.69) is 152 Å². The van der Waals surface area contributed by atoms with Gasteiger partial charge in [0.2, 0.25) is 0 Å². The van der Waals surface area contributed by atoms with Crippen molar-refractivity contribution in [2.45, 2.75) is 165 Å². The molecule has 1 aromatic carbocycles. The van der Waals surface area contributed by atoms with Crippen molar-refractivity contribution < 1.29 is 27.1 Å². The minimum atomic E-state index is -4.38. The Hall–Kier alpha value is -6.81. The number of carbonyl (C=O) groups excluding carboxylic acids is 1. The minimum Gasteiger partial charge on any atom is -0.466 e. The maximum Gasteiger partial charge on any atom is 0.433 e. The van der Waals surface area contributed by atoms with Crippen LogP contribution in [0.1, 0.15) is 212 Å². The van der Waals surface area contributed by atoms with E-state index in [1.165, 1.54) is 16.1 Å². The fraction of sp³-hybridized carbons (Fsp3) is 0.433. The summed E-state index contributed by atoms with van der Waals surface area (Å²) in [6, 6.07) is 24.7. The van der Waals surface area contributed by atoms with Gasteiger partial charge in [-0.05, 0) is 87.2 Å². The summed E-state index contributed by atoms with van der Waals surface area (Å²) in [5, 5.41) is 4.45. The topological polar surface area (TPSA) is 155 Å². The first kappa shape index (κ1) is 65.3. The van der Waals surface area contributed by atoms with Gasteiger partial charge in [-0.3, -0.25) is 9.97 Å². The quantitative estimate of drug-likeness (QED) is 0.126. The normalized spacial score (nSPS) is 10.8. The number of furan rings is 1. The molecule has 0 aliphatic carbocycles. The fourth-order valence-electron chi connectivity index (χ4n) is 5.93. The van der Waals surface area contributed by atoms with Crippen molar-refractivity contribution in [3.05, 3.63) is 184 Å². The number of esters is 1. The summed E-state index contributed by atoms with van der Waals surface area (Å²) in [6.45, 7) is 35.0. The molecule has 0 amide bonds. The van der Waals surface area contributed by atoms with Gasteiger partial charge in [-0.1, -0.05) is 121 Å². The van der Waals surface area contributed by atoms with E-state index in [-0.39, 0.29) is 17.7 Å². The number of aromatic nitrogens is 9. The second-order valence-electron chi connectivity index (χ2n) is 19.5. The van der Waals surface area contributed by atoms with Crippen LogP contribution in [0.2, 0.25) is 0 Å². The van der Waals surface area contributed by atoms with Gasteiger partial charge in [-0.15, -0.1) is 11.3 Å². The largest absolute Gasteiger partial charge is 0.466 e. The Kier molecular flexibility index (Phi) is 29.2. The molecule has 16 heteroatoms. The van der Waals surface area contributed by atoms with Crippen molar-refractivity contribution in [3.8, 4) is 0 Å². The SMILES string of the molecule is CC(C)c1ccc2ccccc2n1.CC(C)c1nccc(C(F)(F)F)n1.CC(C)c1ncccn1.CC(C)c1nccs1.CCOC(=O)c1ccc(C(C)C)nc1.Cc1ccc(C(C)C)o1.Cc1ccnc(C(C)C)n1. The molecule has 0 unspecified atom stereocenters. The van der Waals surface area contributed by atoms with Gasteiger partial charge in [0, 0.05) is 94.6 Å². The average molecular weight is 1060 g/mol. The van der Waals surface area contributed by atoms with Crippen molar-refractivity contribution >= 4 is 28.2 Å². The van der Waals surface area contributed by atoms with Crippen LogP contribution in [0, 0.1) is 13.8 Å². The van der Waals surface area contributed by atoms with E-state index in [1.54, 1.807) is 63.0 Å². The van der Waals surface area contributed by atoms with Gasteiger partial charge in [-0.25, -0.2) is 39.7 Å². The number of benzene rings is 1. The number of thiazole rings is 1. The molecule has 0 spiro atoms. The predicted molar refractivity (Wildman–Crippen MR) is 302 cm³/mol. The van der Waals surface area contributed by atoms with E-state index in [0.29, 0.717) is 47.7 Å². The second kappa shape index (κ2) is 34.0. The number of fused-ring (bicyclic) bond motifs is 1. The predicted octanol–water partition coefficient (Wildman–Crippen LogP) is 16.8. The molecule has 0 radical (unpaired) electrons. The Labute approximate surface area is 454 Å². The molecule has 8 rings (SSSR count). The van der Waals surface area contributed by atoms with Gasteiger partial charge in [0.25, 0.3) is 0 Å². The van der Waals surface area contributed by atoms with Gasteiger partial charge in [0.05, 0.1) is 22.7 Å². The first-order valence-electron chi connectivity index (χ1n) is 25.7. The summed E-state index contributed by atoms with van der Waals surface area (Å²) in [5.74, 6) is 6.59. The summed E-state index contributed by atoms with van der Waals surface area (Å²) < 4.78 is 46.6. The lowest BCUT2D eigenvalue weighted by Crippen LogP contribution is -2.10. The highest BCUT2D eigenvalue weighted by atomic mass is 32.1. The standard InChI is InChI=1S/C12H13N.C11H15NO2.C8H9F3N2.C8H12N2.C8H12O.C7H10N2.C6H9NS/c1-9(2)11-8-7-10-5-3-4-6-12(10)13-11;1-4-14-11(13)9-5-6-10(8(2)3)12-7-9;1-5(2)7-12-4-3-6(13-7)8(9,10)11;1-6(2)8-9-5-4-7(3)10-8;1-6(2)8-5-4-7(3)9-8;1-6(2)7-8-4-3-5-9-7;1-5(2)6-7-3-4-8-6/h3-9H,1-2H3;5-8H,4H2,1-3H3;3-5H,1-2H3;4-6H,1-3H3;4-6H,1-3H3;3-6H,1-2H3;3-5H,1-2H3. The first-order chi connectivity index (χ1) is 35.8. The molecule has 0 aliphatic heterocycles. The van der Waals surface area contributed by atoms with Gasteiger partial charge >= 0.3 is 12.1 Å². The summed E-state index contributed by atoms with van der Waals surface area (Å²) in [7, 11) is 0. The lowest BCUT2D eigenvalue weighted by Gasteiger charge is -2.08. The van der Waals surface area contributed by atoms with Crippen LogP contribution >= 0.6 is 11.3 Å². The molecule has 8 aromatic rings. The first-order valence-corrected chi connectivity index (χ1v) is 26.6. The third-order valence-corrected chi connectivity index (χ3v) is 11.4. The van der Waals surface area contributed by atoms with Crippen LogP contribution in [0.15, 0.2) is 126 Å². The highest BCUT2D eigenvalue weighted by Crippen LogP contribution is 2.28. The molecule has 0 atom stereocenters. The molecule has 7 heterocycles. The zero-order valence-electron chi connectivity index (χ0n) is 47.6. The van der Waals surface area contributed by atoms with Crippen LogP contribution in [-0.4, -0.2) is 57.4 Å². The molecular weight excluding hydrogens is 984 g/mol. The van der Waals surface area contributed by atoms with Crippen LogP contribution in [0.25, 0.3) is 10.9 Å². The summed E-state index contributed by atoms with van der Waals surface area (Å²) >= 11 is 1.72. The van der Waals surface area contributed by atoms with E-state index in [4.69, 9.17) is 9.15 Å². The van der Waals surface area contributed by atoms with Crippen molar-refractivity contribution in [3.63, 3.8) is 0 Å². The van der Waals surface area contributed by atoms with E-state index in [9.17, 15) is 18.0 Å². The van der Waals surface area contributed by atoms with Crippen LogP contribution < -0.4 is 0 Å². The number of nitrogens with zero attached hydrogens (tertiary/aromatic N) is 9. The van der Waals surface area contributed by atoms with Crippen LogP contribution in [-0.2, 0) is 10.9 Å². The highest BCUT2D eigenvalue weighted by Gasteiger charge is 2.32. The van der Waals surface area contributed by atoms with E-state index < -0.39 is 11.9 Å². The van der Waals surface area contributed by atoms with E-state index in [0.717, 1.165) is 52.3 Å². The maximum absolute atomic E-state index is 12.1. The van der Waals surface area contributed by atoms with E-state index in [1.807, 2.05) is 67.9 Å². The average Bonchev–Trinajstić information content (AvgIpc) is 4.11. The van der Waals surface area contributed by atoms with Crippen molar-refractivity contribution in [2.24, 2.45) is 0 Å². The number of ether oxygens (including phenoxy) is 1. The Morgan fingerprint density at radius 2 is 1.13 bits per heavy atom. The number of para-hydroxylation sites is 1. The Balaban J connectivity index is 0.000000306. The van der Waals surface area contributed by atoms with Gasteiger partial charge in [-0.2, -0.15) is 13.2 Å². The number of rotatable bonds is 9. The molecule has 7 aromatic heterocycles. The number of alkyl halides is 3. The molecule has 0 fully saturated rings. The van der Waals surface area contributed by atoms with Crippen molar-refractivity contribution in [1.82, 2.24) is 44.9 Å². The Morgan fingerprint density at radius 1 is 0.553 bits per heavy atom. The van der Waals surface area contributed by atoms with Gasteiger partial charge < -0.3 is 9.15 Å². The molecule has 0 saturated carbocycles. The van der Waals surface area contributed by atoms with Crippen LogP contribution in [0.3, 0.4) is 0 Å². The lowest BCUT2D eigenvalue weighted by atomic mass is 10.1. The number of hydrogen-bond donors (Lipinski definition) is 0. The van der Waals surface area contributed by atoms with Crippen molar-refractivity contribution in [2.75, 3.05) is 6.61 Å². The minimum absolute atomic E-state index is 0.0951. The highest BCUT2D eigenvalue weighted by molar-refractivity contribution is 7.09. The summed E-state index contributed by atoms with van der Waals surface area (Å²) in [5.41, 5.74) is 3.91. The number of pyridine rings is 2. The summed E-state index contributed by atoms with van der Waals surface area (Å²) in [4.78, 5) is 47.8. The zero-order valence-corrected chi connectivity index (χ0v) is 48.4. The molecule has 410 valence electrons. The molecule has 0 N–H and O–H groups in total. The van der Waals surface area contributed by atoms with E-state index >= 15 is 0 Å². The van der Waals surface area contributed by atoms with Crippen molar-refractivity contribution in [1.29, 1.82) is 0 Å². The lowest BCUT2D eigenvalue weighted by molar-refractivity contribution is -0.141.